The zero-order valence-electron chi connectivity index (χ0n) is 11.4. The Morgan fingerprint density at radius 2 is 1.81 bits per heavy atom. The number of nitrogens with one attached hydrogen (secondary N) is 1. The summed E-state index contributed by atoms with van der Waals surface area (Å²) in [7, 11) is 0. The van der Waals surface area contributed by atoms with Crippen molar-refractivity contribution in [2.75, 3.05) is 19.6 Å². The first-order valence-corrected chi connectivity index (χ1v) is 6.67. The van der Waals surface area contributed by atoms with E-state index in [9.17, 15) is 0 Å². The highest BCUT2D eigenvalue weighted by Crippen LogP contribution is 2.22. The van der Waals surface area contributed by atoms with Crippen molar-refractivity contribution in [1.82, 2.24) is 10.2 Å². The molecule has 1 aliphatic heterocycles. The average molecular weight is 224 g/mol. The maximum Gasteiger partial charge on any atom is 0.0178 e. The molecule has 0 aromatic heterocycles. The fourth-order valence-corrected chi connectivity index (χ4v) is 2.19. The van der Waals surface area contributed by atoms with Gasteiger partial charge in [-0.3, -0.25) is 0 Å². The summed E-state index contributed by atoms with van der Waals surface area (Å²) < 4.78 is 0. The lowest BCUT2D eigenvalue weighted by molar-refractivity contribution is 0.207. The van der Waals surface area contributed by atoms with Crippen LogP contribution in [-0.4, -0.2) is 30.6 Å². The molecule has 0 aromatic rings. The predicted molar refractivity (Wildman–Crippen MR) is 71.4 cm³/mol. The van der Waals surface area contributed by atoms with E-state index in [2.05, 4.69) is 44.5 Å². The molecule has 0 radical (unpaired) electrons. The highest BCUT2D eigenvalue weighted by molar-refractivity contribution is 4.98. The van der Waals surface area contributed by atoms with E-state index in [-0.39, 0.29) is 0 Å². The van der Waals surface area contributed by atoms with Gasteiger partial charge in [0.05, 0.1) is 0 Å². The molecule has 94 valence electrons. The lowest BCUT2D eigenvalue weighted by Gasteiger charge is -2.36. The Balaban J connectivity index is 2.26. The third kappa shape index (κ3) is 4.17. The molecule has 0 aromatic carbocycles. The van der Waals surface area contributed by atoms with Crippen molar-refractivity contribution in [3.8, 4) is 0 Å². The van der Waals surface area contributed by atoms with Crippen molar-refractivity contribution in [3.63, 3.8) is 0 Å². The quantitative estimate of drug-likeness (QED) is 0.772. The fourth-order valence-electron chi connectivity index (χ4n) is 2.19. The minimum Gasteiger partial charge on any atom is -0.375 e. The summed E-state index contributed by atoms with van der Waals surface area (Å²) in [6.45, 7) is 16.7. The van der Waals surface area contributed by atoms with Gasteiger partial charge in [-0.1, -0.05) is 34.3 Å². The van der Waals surface area contributed by atoms with Crippen molar-refractivity contribution in [1.29, 1.82) is 0 Å². The molecular weight excluding hydrogens is 196 g/mol. The van der Waals surface area contributed by atoms with E-state index in [0.29, 0.717) is 12.0 Å². The molecule has 1 heterocycles. The van der Waals surface area contributed by atoms with Gasteiger partial charge in [0, 0.05) is 24.8 Å². The minimum atomic E-state index is 0.588. The van der Waals surface area contributed by atoms with Crippen molar-refractivity contribution >= 4 is 0 Å². The number of rotatable bonds is 5. The second-order valence-electron chi connectivity index (χ2n) is 5.64. The zero-order valence-corrected chi connectivity index (χ0v) is 11.4. The average Bonchev–Trinajstić information content (AvgIpc) is 2.26. The Morgan fingerprint density at radius 1 is 1.25 bits per heavy atom. The van der Waals surface area contributed by atoms with Crippen LogP contribution in [0.15, 0.2) is 12.3 Å². The van der Waals surface area contributed by atoms with E-state index in [1.807, 2.05) is 0 Å². The molecule has 1 rings (SSSR count). The van der Waals surface area contributed by atoms with Crippen LogP contribution in [0.1, 0.15) is 40.5 Å². The smallest absolute Gasteiger partial charge is 0.0178 e. The van der Waals surface area contributed by atoms with Crippen LogP contribution >= 0.6 is 0 Å². The molecule has 1 N–H and O–H groups in total. The SMILES string of the molecule is C=C(C(C)C)N1CCC(CNC(C)C)CC1. The number of nitrogens with zero attached hydrogens (tertiary/aromatic N) is 1. The first-order valence-electron chi connectivity index (χ1n) is 6.67. The van der Waals surface area contributed by atoms with Crippen LogP contribution in [0, 0.1) is 11.8 Å². The monoisotopic (exact) mass is 224 g/mol. The number of allylic oxidation sites excluding steroid dienone is 1. The molecule has 1 saturated heterocycles. The summed E-state index contributed by atoms with van der Waals surface area (Å²) in [5.74, 6) is 1.45. The van der Waals surface area contributed by atoms with E-state index < -0.39 is 0 Å². The van der Waals surface area contributed by atoms with Gasteiger partial charge in [-0.05, 0) is 31.2 Å². The number of piperidine rings is 1. The molecule has 0 amide bonds. The van der Waals surface area contributed by atoms with Gasteiger partial charge in [-0.15, -0.1) is 0 Å². The highest BCUT2D eigenvalue weighted by atomic mass is 15.1. The first kappa shape index (κ1) is 13.6. The van der Waals surface area contributed by atoms with E-state index in [0.717, 1.165) is 5.92 Å². The van der Waals surface area contributed by atoms with Crippen molar-refractivity contribution in [3.05, 3.63) is 12.3 Å². The molecule has 0 aliphatic carbocycles. The lowest BCUT2D eigenvalue weighted by atomic mass is 9.95. The normalized spacial score (nSPS) is 18.5. The first-order chi connectivity index (χ1) is 7.50. The molecular formula is C14H28N2. The topological polar surface area (TPSA) is 15.3 Å². The van der Waals surface area contributed by atoms with Crippen LogP contribution in [0.2, 0.25) is 0 Å². The minimum absolute atomic E-state index is 0.588. The molecule has 0 atom stereocenters. The fraction of sp³-hybridized carbons (Fsp3) is 0.857. The van der Waals surface area contributed by atoms with Gasteiger partial charge in [-0.25, -0.2) is 0 Å². The van der Waals surface area contributed by atoms with Crippen LogP contribution < -0.4 is 5.32 Å². The molecule has 0 spiro atoms. The van der Waals surface area contributed by atoms with E-state index >= 15 is 0 Å². The molecule has 2 nitrogen and oxygen atoms in total. The summed E-state index contributed by atoms with van der Waals surface area (Å²) in [5, 5.41) is 3.54. The number of hydrogen-bond acceptors (Lipinski definition) is 2. The molecule has 0 bridgehead atoms. The van der Waals surface area contributed by atoms with Gasteiger partial charge in [0.2, 0.25) is 0 Å². The third-order valence-corrected chi connectivity index (χ3v) is 3.50. The summed E-state index contributed by atoms with van der Waals surface area (Å²) in [6.07, 6.45) is 2.62. The molecule has 0 unspecified atom stereocenters. The van der Waals surface area contributed by atoms with Crippen LogP contribution in [-0.2, 0) is 0 Å². The Kier molecular flexibility index (Phi) is 5.33. The van der Waals surface area contributed by atoms with E-state index in [1.165, 1.54) is 38.2 Å². The molecule has 1 fully saturated rings. The second kappa shape index (κ2) is 6.29. The molecule has 0 saturated carbocycles. The van der Waals surface area contributed by atoms with Crippen LogP contribution in [0.5, 0.6) is 0 Å². The van der Waals surface area contributed by atoms with Gasteiger partial charge in [-0.2, -0.15) is 0 Å². The van der Waals surface area contributed by atoms with Crippen LogP contribution in [0.4, 0.5) is 0 Å². The van der Waals surface area contributed by atoms with Crippen molar-refractivity contribution in [2.45, 2.75) is 46.6 Å². The van der Waals surface area contributed by atoms with Crippen LogP contribution in [0.25, 0.3) is 0 Å². The van der Waals surface area contributed by atoms with Crippen molar-refractivity contribution < 1.29 is 0 Å². The summed E-state index contributed by atoms with van der Waals surface area (Å²) in [6, 6.07) is 0.614. The van der Waals surface area contributed by atoms with Gasteiger partial charge < -0.3 is 10.2 Å². The predicted octanol–water partition coefficient (Wildman–Crippen LogP) is 2.87. The maximum absolute atomic E-state index is 4.19. The Hall–Kier alpha value is -0.500. The standard InChI is InChI=1S/C14H28N2/c1-11(2)13(5)16-8-6-14(7-9-16)10-15-12(3)4/h11-12,14-15H,5-10H2,1-4H3. The molecule has 16 heavy (non-hydrogen) atoms. The maximum atomic E-state index is 4.19. The summed E-state index contributed by atoms with van der Waals surface area (Å²) in [4.78, 5) is 2.47. The largest absolute Gasteiger partial charge is 0.375 e. The lowest BCUT2D eigenvalue weighted by Crippen LogP contribution is -2.38. The number of likely N-dealkylation sites (tertiary alicyclic amines) is 1. The third-order valence-electron chi connectivity index (χ3n) is 3.50. The Morgan fingerprint density at radius 3 is 2.25 bits per heavy atom. The molecule has 1 aliphatic rings. The Labute approximate surface area is 101 Å². The van der Waals surface area contributed by atoms with Gasteiger partial charge in [0.25, 0.3) is 0 Å². The molecule has 2 heteroatoms. The van der Waals surface area contributed by atoms with E-state index in [4.69, 9.17) is 0 Å². The second-order valence-corrected chi connectivity index (χ2v) is 5.64. The highest BCUT2D eigenvalue weighted by Gasteiger charge is 2.20. The van der Waals surface area contributed by atoms with E-state index in [1.54, 1.807) is 0 Å². The van der Waals surface area contributed by atoms with Gasteiger partial charge in [0.15, 0.2) is 0 Å². The van der Waals surface area contributed by atoms with Gasteiger partial charge in [0.1, 0.15) is 0 Å². The summed E-state index contributed by atoms with van der Waals surface area (Å²) in [5.41, 5.74) is 1.32. The zero-order chi connectivity index (χ0) is 12.1. The Bertz CT molecular complexity index is 213. The summed E-state index contributed by atoms with van der Waals surface area (Å²) >= 11 is 0. The van der Waals surface area contributed by atoms with Gasteiger partial charge >= 0.3 is 0 Å². The van der Waals surface area contributed by atoms with Crippen molar-refractivity contribution in [2.24, 2.45) is 11.8 Å². The number of hydrogen-bond donors (Lipinski definition) is 1. The van der Waals surface area contributed by atoms with Crippen LogP contribution in [0.3, 0.4) is 0 Å².